The molecule has 4 rings (SSSR count). The number of aryl methyl sites for hydroxylation is 1. The molecule has 3 heterocycles. The van der Waals surface area contributed by atoms with Crippen molar-refractivity contribution in [1.29, 1.82) is 0 Å². The largest absolute Gasteiger partial charge is 0.491 e. The standard InChI is InChI=1S/C26H34FN5O5S/c1-15(2)35-13-20-14-36-23-10-8-19(27)11-21(23)25-29-30-26(32(20)25)31-38(33,34)18(6)24(37-16(3)4)22-9-7-17(5)12-28-22/h7-12,15-16,18,20,24H,13-14H2,1-6H3,(H,30,31)/t18?,20-,24?/m0/s1. The number of rotatable bonds is 10. The molecule has 3 atom stereocenters. The van der Waals surface area contributed by atoms with Gasteiger partial charge in [-0.25, -0.2) is 12.8 Å². The summed E-state index contributed by atoms with van der Waals surface area (Å²) in [7, 11) is -4.07. The third kappa shape index (κ3) is 6.13. The minimum absolute atomic E-state index is 0.0231. The first kappa shape index (κ1) is 27.9. The Labute approximate surface area is 222 Å². The lowest BCUT2D eigenvalue weighted by Gasteiger charge is -2.27. The number of ether oxygens (including phenoxy) is 3. The molecule has 0 saturated heterocycles. The van der Waals surface area contributed by atoms with Crippen molar-refractivity contribution < 1.29 is 27.0 Å². The van der Waals surface area contributed by atoms with E-state index in [0.717, 1.165) is 5.56 Å². The van der Waals surface area contributed by atoms with E-state index in [1.807, 2.05) is 40.7 Å². The molecular formula is C26H34FN5O5S. The highest BCUT2D eigenvalue weighted by Gasteiger charge is 2.36. The summed E-state index contributed by atoms with van der Waals surface area (Å²) in [6.45, 7) is 11.3. The second-order valence-corrected chi connectivity index (χ2v) is 12.0. The lowest BCUT2D eigenvalue weighted by Crippen LogP contribution is -2.35. The van der Waals surface area contributed by atoms with E-state index >= 15 is 0 Å². The molecule has 206 valence electrons. The quantitative estimate of drug-likeness (QED) is 0.396. The highest BCUT2D eigenvalue weighted by molar-refractivity contribution is 7.93. The summed E-state index contributed by atoms with van der Waals surface area (Å²) in [5, 5.41) is 7.33. The fourth-order valence-electron chi connectivity index (χ4n) is 4.12. The molecule has 0 spiro atoms. The van der Waals surface area contributed by atoms with E-state index in [9.17, 15) is 12.8 Å². The van der Waals surface area contributed by atoms with Crippen LogP contribution in [-0.2, 0) is 19.5 Å². The number of pyridine rings is 1. The van der Waals surface area contributed by atoms with Crippen molar-refractivity contribution >= 4 is 16.0 Å². The van der Waals surface area contributed by atoms with Crippen LogP contribution in [0.5, 0.6) is 5.75 Å². The normalized spacial score (nSPS) is 16.9. The summed E-state index contributed by atoms with van der Waals surface area (Å²) in [6.07, 6.45) is 0.519. The summed E-state index contributed by atoms with van der Waals surface area (Å²) in [5.74, 6) is 0.194. The topological polar surface area (TPSA) is 117 Å². The Morgan fingerprint density at radius 2 is 1.89 bits per heavy atom. The van der Waals surface area contributed by atoms with Crippen molar-refractivity contribution in [3.63, 3.8) is 0 Å². The van der Waals surface area contributed by atoms with Gasteiger partial charge in [0.25, 0.3) is 0 Å². The minimum Gasteiger partial charge on any atom is -0.491 e. The maximum Gasteiger partial charge on any atom is 0.240 e. The maximum absolute atomic E-state index is 14.2. The van der Waals surface area contributed by atoms with Crippen molar-refractivity contribution in [1.82, 2.24) is 19.7 Å². The van der Waals surface area contributed by atoms with Crippen LogP contribution in [0.1, 0.15) is 58.0 Å². The van der Waals surface area contributed by atoms with Gasteiger partial charge in [-0.3, -0.25) is 14.3 Å². The molecule has 10 nitrogen and oxygen atoms in total. The molecule has 12 heteroatoms. The molecular weight excluding hydrogens is 513 g/mol. The lowest BCUT2D eigenvalue weighted by atomic mass is 10.1. The average Bonchev–Trinajstić information content (AvgIpc) is 3.18. The summed E-state index contributed by atoms with van der Waals surface area (Å²) in [5.41, 5.74) is 1.82. The average molecular weight is 548 g/mol. The Morgan fingerprint density at radius 3 is 2.55 bits per heavy atom. The number of nitrogens with zero attached hydrogens (tertiary/aromatic N) is 4. The van der Waals surface area contributed by atoms with Crippen LogP contribution in [0.2, 0.25) is 0 Å². The van der Waals surface area contributed by atoms with Crippen LogP contribution in [0.15, 0.2) is 36.5 Å². The first-order chi connectivity index (χ1) is 18.0. The molecule has 1 aromatic carbocycles. The smallest absolute Gasteiger partial charge is 0.240 e. The summed E-state index contributed by atoms with van der Waals surface area (Å²) >= 11 is 0. The number of nitrogens with one attached hydrogen (secondary N) is 1. The van der Waals surface area contributed by atoms with Crippen LogP contribution in [0, 0.1) is 12.7 Å². The molecule has 0 amide bonds. The Bertz CT molecular complexity index is 1360. The highest BCUT2D eigenvalue weighted by Crippen LogP contribution is 2.37. The van der Waals surface area contributed by atoms with E-state index < -0.39 is 33.2 Å². The number of anilines is 1. The van der Waals surface area contributed by atoms with Gasteiger partial charge in [-0.1, -0.05) is 6.07 Å². The molecule has 1 N–H and O–H groups in total. The molecule has 0 radical (unpaired) electrons. The van der Waals surface area contributed by atoms with E-state index in [0.29, 0.717) is 17.0 Å². The van der Waals surface area contributed by atoms with Crippen molar-refractivity contribution in [2.45, 2.75) is 71.1 Å². The van der Waals surface area contributed by atoms with Gasteiger partial charge < -0.3 is 14.2 Å². The molecule has 2 unspecified atom stereocenters. The van der Waals surface area contributed by atoms with Crippen LogP contribution in [-0.4, -0.2) is 58.8 Å². The zero-order chi connectivity index (χ0) is 27.6. The van der Waals surface area contributed by atoms with Crippen LogP contribution < -0.4 is 9.46 Å². The van der Waals surface area contributed by atoms with Gasteiger partial charge in [-0.15, -0.1) is 10.2 Å². The van der Waals surface area contributed by atoms with E-state index in [1.165, 1.54) is 18.2 Å². The zero-order valence-corrected chi connectivity index (χ0v) is 23.2. The molecule has 1 aliphatic rings. The van der Waals surface area contributed by atoms with E-state index in [-0.39, 0.29) is 37.2 Å². The third-order valence-corrected chi connectivity index (χ3v) is 7.78. The van der Waals surface area contributed by atoms with Gasteiger partial charge in [-0.05, 0) is 71.4 Å². The Hall–Kier alpha value is -3.09. The molecule has 3 aromatic rings. The first-order valence-electron chi connectivity index (χ1n) is 12.5. The Morgan fingerprint density at radius 1 is 1.13 bits per heavy atom. The fourth-order valence-corrected chi connectivity index (χ4v) is 5.23. The SMILES string of the molecule is Cc1ccc(C(OC(C)C)C(C)S(=O)(=O)Nc2nnc3n2[C@@H](COC(C)C)COc2ccc(F)cc2-3)nc1. The molecule has 0 fully saturated rings. The number of hydrogen-bond donors (Lipinski definition) is 1. The monoisotopic (exact) mass is 547 g/mol. The van der Waals surface area contributed by atoms with Crippen LogP contribution >= 0.6 is 0 Å². The number of hydrogen-bond acceptors (Lipinski definition) is 8. The zero-order valence-electron chi connectivity index (χ0n) is 22.4. The number of benzene rings is 1. The third-order valence-electron chi connectivity index (χ3n) is 6.09. The number of halogens is 1. The predicted molar refractivity (Wildman–Crippen MR) is 141 cm³/mol. The molecule has 38 heavy (non-hydrogen) atoms. The summed E-state index contributed by atoms with van der Waals surface area (Å²) in [6, 6.07) is 7.25. The molecule has 0 saturated carbocycles. The van der Waals surface area contributed by atoms with Crippen molar-refractivity contribution in [3.05, 3.63) is 53.6 Å². The predicted octanol–water partition coefficient (Wildman–Crippen LogP) is 4.44. The minimum atomic E-state index is -4.07. The second kappa shape index (κ2) is 11.3. The van der Waals surface area contributed by atoms with Crippen molar-refractivity contribution in [2.75, 3.05) is 17.9 Å². The molecule has 1 aliphatic heterocycles. The van der Waals surface area contributed by atoms with Gasteiger partial charge >= 0.3 is 0 Å². The van der Waals surface area contributed by atoms with Gasteiger partial charge in [0, 0.05) is 6.20 Å². The number of fused-ring (bicyclic) bond motifs is 3. The first-order valence-corrected chi connectivity index (χ1v) is 14.1. The van der Waals surface area contributed by atoms with Gasteiger partial charge in [0.2, 0.25) is 16.0 Å². The summed E-state index contributed by atoms with van der Waals surface area (Å²) in [4.78, 5) is 4.41. The molecule has 2 aromatic heterocycles. The highest BCUT2D eigenvalue weighted by atomic mass is 32.2. The van der Waals surface area contributed by atoms with E-state index in [1.54, 1.807) is 23.8 Å². The van der Waals surface area contributed by atoms with Gasteiger partial charge in [-0.2, -0.15) is 0 Å². The van der Waals surface area contributed by atoms with Crippen LogP contribution in [0.4, 0.5) is 10.3 Å². The lowest BCUT2D eigenvalue weighted by molar-refractivity contribution is 0.00415. The summed E-state index contributed by atoms with van der Waals surface area (Å²) < 4.78 is 63.5. The van der Waals surface area contributed by atoms with E-state index in [2.05, 4.69) is 19.9 Å². The Kier molecular flexibility index (Phi) is 8.34. The number of sulfonamides is 1. The maximum atomic E-state index is 14.2. The molecule has 0 bridgehead atoms. The Balaban J connectivity index is 1.72. The fraction of sp³-hybridized carbons (Fsp3) is 0.500. The van der Waals surface area contributed by atoms with Crippen molar-refractivity contribution in [2.24, 2.45) is 0 Å². The van der Waals surface area contributed by atoms with Crippen LogP contribution in [0.25, 0.3) is 11.4 Å². The van der Waals surface area contributed by atoms with Crippen molar-refractivity contribution in [3.8, 4) is 17.1 Å². The van der Waals surface area contributed by atoms with Gasteiger partial charge in [0.15, 0.2) is 5.82 Å². The van der Waals surface area contributed by atoms with Crippen LogP contribution in [0.3, 0.4) is 0 Å². The molecule has 0 aliphatic carbocycles. The number of aromatic nitrogens is 4. The van der Waals surface area contributed by atoms with E-state index in [4.69, 9.17) is 14.2 Å². The van der Waals surface area contributed by atoms with Gasteiger partial charge in [0.1, 0.15) is 29.5 Å². The van der Waals surface area contributed by atoms with Gasteiger partial charge in [0.05, 0.1) is 36.1 Å². The second-order valence-electron chi connectivity index (χ2n) is 9.92.